The third kappa shape index (κ3) is 6.67. The Morgan fingerprint density at radius 3 is 2.34 bits per heavy atom. The number of para-hydroxylation sites is 1. The molecule has 8 nitrogen and oxygen atoms in total. The lowest BCUT2D eigenvalue weighted by Crippen LogP contribution is -2.36. The number of ether oxygens (including phenoxy) is 2. The van der Waals surface area contributed by atoms with Crippen LogP contribution in [0.4, 0.5) is 0 Å². The highest BCUT2D eigenvalue weighted by atomic mass is 35.5. The van der Waals surface area contributed by atoms with Gasteiger partial charge in [-0.1, -0.05) is 41.9 Å². The molecule has 4 rings (SSSR count). The van der Waals surface area contributed by atoms with Gasteiger partial charge in [-0.2, -0.15) is 5.10 Å². The molecule has 1 aromatic heterocycles. The number of methoxy groups -OCH3 is 2. The molecule has 3 aromatic carbocycles. The molecule has 194 valence electrons. The molecule has 0 fully saturated rings. The lowest BCUT2D eigenvalue weighted by atomic mass is 10.1. The van der Waals surface area contributed by atoms with Crippen molar-refractivity contribution >= 4 is 29.5 Å². The van der Waals surface area contributed by atoms with Crippen LogP contribution in [0, 0.1) is 0 Å². The van der Waals surface area contributed by atoms with E-state index in [-0.39, 0.29) is 12.2 Å². The fraction of sp³-hybridized carbons (Fsp3) is 0.138. The highest BCUT2D eigenvalue weighted by Gasteiger charge is 2.18. The number of carbonyl (C=O) groups excluding carboxylic acids is 2. The zero-order valence-electron chi connectivity index (χ0n) is 21.0. The molecule has 0 aliphatic carbocycles. The minimum atomic E-state index is -0.460. The van der Waals surface area contributed by atoms with Crippen LogP contribution in [0.2, 0.25) is 5.02 Å². The van der Waals surface area contributed by atoms with E-state index < -0.39 is 11.8 Å². The summed E-state index contributed by atoms with van der Waals surface area (Å²) in [5.41, 5.74) is 3.32. The van der Waals surface area contributed by atoms with Gasteiger partial charge >= 0.3 is 0 Å². The SMILES string of the molecule is COCCNC(=O)/C(=C/c1cn(-c2ccccc2)nc1-c1ccc(Cl)cc1)NC(=O)c1ccc(OC)cc1. The van der Waals surface area contributed by atoms with Crippen molar-refractivity contribution in [3.8, 4) is 22.7 Å². The van der Waals surface area contributed by atoms with Gasteiger partial charge in [0.25, 0.3) is 11.8 Å². The molecular formula is C29H27ClN4O4. The van der Waals surface area contributed by atoms with Crippen molar-refractivity contribution in [2.75, 3.05) is 27.4 Å². The molecule has 2 N–H and O–H groups in total. The number of benzene rings is 3. The number of halogens is 1. The first-order valence-corrected chi connectivity index (χ1v) is 12.2. The number of rotatable bonds is 10. The molecule has 1 heterocycles. The van der Waals surface area contributed by atoms with Crippen LogP contribution in [0.3, 0.4) is 0 Å². The summed E-state index contributed by atoms with van der Waals surface area (Å²) in [6, 6.07) is 23.5. The van der Waals surface area contributed by atoms with E-state index in [2.05, 4.69) is 10.6 Å². The second-order valence-corrected chi connectivity index (χ2v) is 8.65. The van der Waals surface area contributed by atoms with Gasteiger partial charge in [-0.05, 0) is 54.6 Å². The Balaban J connectivity index is 1.75. The maximum Gasteiger partial charge on any atom is 0.267 e. The van der Waals surface area contributed by atoms with E-state index in [0.717, 1.165) is 11.3 Å². The van der Waals surface area contributed by atoms with Crippen molar-refractivity contribution in [3.63, 3.8) is 0 Å². The molecule has 0 aliphatic rings. The highest BCUT2D eigenvalue weighted by molar-refractivity contribution is 6.30. The van der Waals surface area contributed by atoms with Gasteiger partial charge < -0.3 is 20.1 Å². The molecule has 0 saturated carbocycles. The Kier molecular flexibility index (Phi) is 8.92. The van der Waals surface area contributed by atoms with Crippen molar-refractivity contribution < 1.29 is 19.1 Å². The number of carbonyl (C=O) groups is 2. The number of hydrogen-bond acceptors (Lipinski definition) is 5. The third-order valence-corrected chi connectivity index (χ3v) is 5.87. The third-order valence-electron chi connectivity index (χ3n) is 5.62. The van der Waals surface area contributed by atoms with Crippen LogP contribution in [0.15, 0.2) is 90.8 Å². The molecule has 2 amide bonds. The van der Waals surface area contributed by atoms with Gasteiger partial charge in [-0.3, -0.25) is 9.59 Å². The van der Waals surface area contributed by atoms with Gasteiger partial charge in [-0.25, -0.2) is 4.68 Å². The maximum atomic E-state index is 13.1. The molecule has 0 aliphatic heterocycles. The summed E-state index contributed by atoms with van der Waals surface area (Å²) in [4.78, 5) is 26.2. The van der Waals surface area contributed by atoms with Gasteiger partial charge in [0.2, 0.25) is 0 Å². The molecule has 9 heteroatoms. The lowest BCUT2D eigenvalue weighted by molar-refractivity contribution is -0.117. The molecule has 4 aromatic rings. The predicted octanol–water partition coefficient (Wildman–Crippen LogP) is 4.73. The van der Waals surface area contributed by atoms with E-state index in [9.17, 15) is 9.59 Å². The summed E-state index contributed by atoms with van der Waals surface area (Å²) in [7, 11) is 3.10. The van der Waals surface area contributed by atoms with Crippen molar-refractivity contribution in [1.82, 2.24) is 20.4 Å². The second-order valence-electron chi connectivity index (χ2n) is 8.21. The minimum absolute atomic E-state index is 0.0600. The minimum Gasteiger partial charge on any atom is -0.497 e. The predicted molar refractivity (Wildman–Crippen MR) is 147 cm³/mol. The first kappa shape index (κ1) is 26.7. The van der Waals surface area contributed by atoms with Crippen LogP contribution >= 0.6 is 11.6 Å². The van der Waals surface area contributed by atoms with Crippen LogP contribution in [-0.2, 0) is 9.53 Å². The number of hydrogen-bond donors (Lipinski definition) is 2. The van der Waals surface area contributed by atoms with Crippen molar-refractivity contribution in [1.29, 1.82) is 0 Å². The molecule has 0 radical (unpaired) electrons. The van der Waals surface area contributed by atoms with Crippen LogP contribution in [0.1, 0.15) is 15.9 Å². The van der Waals surface area contributed by atoms with Gasteiger partial charge in [-0.15, -0.1) is 0 Å². The average molecular weight is 531 g/mol. The number of aromatic nitrogens is 2. The van der Waals surface area contributed by atoms with E-state index >= 15 is 0 Å². The fourth-order valence-corrected chi connectivity index (χ4v) is 3.78. The Morgan fingerprint density at radius 2 is 1.68 bits per heavy atom. The first-order valence-electron chi connectivity index (χ1n) is 11.8. The van der Waals surface area contributed by atoms with Crippen LogP contribution < -0.4 is 15.4 Å². The van der Waals surface area contributed by atoms with Crippen LogP contribution in [0.5, 0.6) is 5.75 Å². The van der Waals surface area contributed by atoms with Gasteiger partial charge in [0.15, 0.2) is 0 Å². The zero-order valence-corrected chi connectivity index (χ0v) is 21.7. The molecule has 0 atom stereocenters. The summed E-state index contributed by atoms with van der Waals surface area (Å²) >= 11 is 6.10. The number of amides is 2. The Hall–Kier alpha value is -4.40. The van der Waals surface area contributed by atoms with E-state index in [4.69, 9.17) is 26.2 Å². The van der Waals surface area contributed by atoms with E-state index in [1.807, 2.05) is 42.5 Å². The first-order chi connectivity index (χ1) is 18.5. The Labute approximate surface area is 225 Å². The Morgan fingerprint density at radius 1 is 0.974 bits per heavy atom. The molecule has 0 bridgehead atoms. The van der Waals surface area contributed by atoms with E-state index in [1.165, 1.54) is 0 Å². The van der Waals surface area contributed by atoms with E-state index in [0.29, 0.717) is 34.2 Å². The average Bonchev–Trinajstić information content (AvgIpc) is 3.37. The van der Waals surface area contributed by atoms with Crippen molar-refractivity contribution in [2.24, 2.45) is 0 Å². The van der Waals surface area contributed by atoms with Gasteiger partial charge in [0, 0.05) is 41.6 Å². The summed E-state index contributed by atoms with van der Waals surface area (Å²) in [6.45, 7) is 0.603. The standard InChI is InChI=1S/C29H27ClN4O4/c1-37-17-16-31-29(36)26(32-28(35)21-10-14-25(38-2)15-11-21)18-22-19-34(24-6-4-3-5-7-24)33-27(22)20-8-12-23(30)13-9-20/h3-15,18-19H,16-17H2,1-2H3,(H,31,36)(H,32,35)/b26-18-. The second kappa shape index (κ2) is 12.7. The highest BCUT2D eigenvalue weighted by Crippen LogP contribution is 2.27. The van der Waals surface area contributed by atoms with Gasteiger partial charge in [0.1, 0.15) is 17.1 Å². The van der Waals surface area contributed by atoms with Crippen LogP contribution in [-0.4, -0.2) is 49.0 Å². The molecule has 0 spiro atoms. The summed E-state index contributed by atoms with van der Waals surface area (Å²) in [5, 5.41) is 10.9. The summed E-state index contributed by atoms with van der Waals surface area (Å²) in [6.07, 6.45) is 3.42. The van der Waals surface area contributed by atoms with Crippen LogP contribution in [0.25, 0.3) is 23.0 Å². The number of nitrogens with one attached hydrogen (secondary N) is 2. The smallest absolute Gasteiger partial charge is 0.267 e. The topological polar surface area (TPSA) is 94.5 Å². The normalized spacial score (nSPS) is 11.2. The molecule has 0 saturated heterocycles. The fourth-order valence-electron chi connectivity index (χ4n) is 3.65. The van der Waals surface area contributed by atoms with Crippen molar-refractivity contribution in [2.45, 2.75) is 0 Å². The largest absolute Gasteiger partial charge is 0.497 e. The van der Waals surface area contributed by atoms with Crippen molar-refractivity contribution in [3.05, 3.63) is 107 Å². The molecule has 0 unspecified atom stereocenters. The molecule has 38 heavy (non-hydrogen) atoms. The quantitative estimate of drug-likeness (QED) is 0.228. The Bertz CT molecular complexity index is 1420. The summed E-state index contributed by atoms with van der Waals surface area (Å²) in [5.74, 6) is -0.279. The number of nitrogens with zero attached hydrogens (tertiary/aromatic N) is 2. The maximum absolute atomic E-state index is 13.1. The zero-order chi connectivity index (χ0) is 26.9. The van der Waals surface area contributed by atoms with E-state index in [1.54, 1.807) is 67.6 Å². The lowest BCUT2D eigenvalue weighted by Gasteiger charge is -2.11. The molecular weight excluding hydrogens is 504 g/mol. The summed E-state index contributed by atoms with van der Waals surface area (Å²) < 4.78 is 11.9. The monoisotopic (exact) mass is 530 g/mol. The van der Waals surface area contributed by atoms with Gasteiger partial charge in [0.05, 0.1) is 19.4 Å².